The van der Waals surface area contributed by atoms with E-state index < -0.39 is 11.6 Å². The number of nitrogens with two attached hydrogens (primary N) is 2. The van der Waals surface area contributed by atoms with Crippen molar-refractivity contribution in [1.82, 2.24) is 4.31 Å². The summed E-state index contributed by atoms with van der Waals surface area (Å²) in [4.78, 5) is 0. The van der Waals surface area contributed by atoms with Gasteiger partial charge in [-0.3, -0.25) is 9.31 Å². The zero-order valence-corrected chi connectivity index (χ0v) is 15.8. The predicted octanol–water partition coefficient (Wildman–Crippen LogP) is 4.32. The molecule has 1 heterocycles. The van der Waals surface area contributed by atoms with E-state index in [-0.39, 0.29) is 16.9 Å². The van der Waals surface area contributed by atoms with Crippen molar-refractivity contribution in [3.05, 3.63) is 53.1 Å². The standard InChI is InChI=1S/C19H24F2N4S/c1-12-16(20)11-17(22)19(18(12)21)25(23)15-5-3-13(4-6-15)14-7-9-24(26-2)10-8-14/h3-6,11,14H,7-10,22-23H2,1-2H3. The fraction of sp³-hybridized carbons (Fsp3) is 0.368. The van der Waals surface area contributed by atoms with Crippen LogP contribution in [0.4, 0.5) is 25.8 Å². The first-order valence-corrected chi connectivity index (χ1v) is 9.78. The molecule has 0 amide bonds. The van der Waals surface area contributed by atoms with E-state index in [1.54, 1.807) is 11.9 Å². The first-order valence-electron chi connectivity index (χ1n) is 8.60. The van der Waals surface area contributed by atoms with Gasteiger partial charge in [-0.1, -0.05) is 24.1 Å². The highest BCUT2D eigenvalue weighted by molar-refractivity contribution is 7.96. The molecule has 7 heteroatoms. The van der Waals surface area contributed by atoms with Gasteiger partial charge in [0.1, 0.15) is 11.5 Å². The Morgan fingerprint density at radius 3 is 2.35 bits per heavy atom. The molecular weight excluding hydrogens is 354 g/mol. The van der Waals surface area contributed by atoms with Crippen LogP contribution in [0.2, 0.25) is 0 Å². The number of nitrogens with zero attached hydrogens (tertiary/aromatic N) is 2. The van der Waals surface area contributed by atoms with Crippen LogP contribution in [-0.2, 0) is 0 Å². The van der Waals surface area contributed by atoms with E-state index in [0.717, 1.165) is 32.0 Å². The molecule has 1 saturated heterocycles. The van der Waals surface area contributed by atoms with Gasteiger partial charge in [-0.2, -0.15) is 0 Å². The van der Waals surface area contributed by atoms with Gasteiger partial charge in [-0.05, 0) is 55.7 Å². The fourth-order valence-electron chi connectivity index (χ4n) is 3.38. The Kier molecular flexibility index (Phi) is 5.70. The summed E-state index contributed by atoms with van der Waals surface area (Å²) in [5.74, 6) is 5.19. The third-order valence-electron chi connectivity index (χ3n) is 5.05. The van der Waals surface area contributed by atoms with Crippen molar-refractivity contribution in [2.45, 2.75) is 25.7 Å². The summed E-state index contributed by atoms with van der Waals surface area (Å²) in [5, 5.41) is 1.18. The molecule has 0 bridgehead atoms. The fourth-order valence-corrected chi connectivity index (χ4v) is 3.95. The summed E-state index contributed by atoms with van der Waals surface area (Å²) in [6.07, 6.45) is 4.34. The van der Waals surface area contributed by atoms with Gasteiger partial charge in [0.15, 0.2) is 5.82 Å². The molecule has 0 spiro atoms. The number of benzene rings is 2. The summed E-state index contributed by atoms with van der Waals surface area (Å²) in [7, 11) is 0. The van der Waals surface area contributed by atoms with Crippen LogP contribution in [0.5, 0.6) is 0 Å². The Labute approximate surface area is 157 Å². The molecule has 0 aromatic heterocycles. The molecule has 4 N–H and O–H groups in total. The maximum Gasteiger partial charge on any atom is 0.156 e. The van der Waals surface area contributed by atoms with Crippen molar-refractivity contribution in [1.29, 1.82) is 0 Å². The quantitative estimate of drug-likeness (QED) is 0.359. The van der Waals surface area contributed by atoms with Crippen LogP contribution < -0.4 is 16.6 Å². The Bertz CT molecular complexity index is 774. The number of hydrazine groups is 1. The molecule has 3 rings (SSSR count). The van der Waals surface area contributed by atoms with Crippen LogP contribution in [0, 0.1) is 18.6 Å². The van der Waals surface area contributed by atoms with Gasteiger partial charge < -0.3 is 5.73 Å². The molecule has 0 saturated carbocycles. The Balaban J connectivity index is 1.80. The van der Waals surface area contributed by atoms with Crippen LogP contribution >= 0.6 is 11.9 Å². The summed E-state index contributed by atoms with van der Waals surface area (Å²) in [6.45, 7) is 3.52. The highest BCUT2D eigenvalue weighted by atomic mass is 32.2. The molecule has 1 fully saturated rings. The molecule has 1 aliphatic rings. The molecular formula is C19H24F2N4S. The average molecular weight is 378 g/mol. The van der Waals surface area contributed by atoms with E-state index in [1.807, 2.05) is 24.3 Å². The van der Waals surface area contributed by atoms with Crippen molar-refractivity contribution in [3.8, 4) is 0 Å². The number of piperidine rings is 1. The second-order valence-corrected chi connectivity index (χ2v) is 7.46. The number of halogens is 2. The largest absolute Gasteiger partial charge is 0.397 e. The van der Waals surface area contributed by atoms with E-state index >= 15 is 0 Å². The van der Waals surface area contributed by atoms with Crippen LogP contribution in [0.25, 0.3) is 0 Å². The van der Waals surface area contributed by atoms with E-state index in [4.69, 9.17) is 11.6 Å². The van der Waals surface area contributed by atoms with E-state index in [0.29, 0.717) is 11.6 Å². The highest BCUT2D eigenvalue weighted by Gasteiger charge is 2.22. The molecule has 140 valence electrons. The number of hydrogen-bond acceptors (Lipinski definition) is 5. The maximum absolute atomic E-state index is 14.5. The third-order valence-corrected chi connectivity index (χ3v) is 5.93. The molecule has 0 aliphatic carbocycles. The van der Waals surface area contributed by atoms with Crippen molar-refractivity contribution in [3.63, 3.8) is 0 Å². The van der Waals surface area contributed by atoms with Crippen molar-refractivity contribution in [2.75, 3.05) is 30.1 Å². The molecule has 0 radical (unpaired) electrons. The van der Waals surface area contributed by atoms with Crippen molar-refractivity contribution in [2.24, 2.45) is 5.84 Å². The summed E-state index contributed by atoms with van der Waals surface area (Å²) in [5.41, 5.74) is 7.52. The van der Waals surface area contributed by atoms with Crippen LogP contribution in [0.15, 0.2) is 30.3 Å². The smallest absolute Gasteiger partial charge is 0.156 e. The van der Waals surface area contributed by atoms with Gasteiger partial charge in [0, 0.05) is 18.7 Å². The summed E-state index contributed by atoms with van der Waals surface area (Å²) >= 11 is 1.79. The first kappa shape index (κ1) is 18.9. The normalized spacial score (nSPS) is 16.0. The lowest BCUT2D eigenvalue weighted by atomic mass is 9.90. The maximum atomic E-state index is 14.5. The van der Waals surface area contributed by atoms with Crippen molar-refractivity contribution < 1.29 is 8.78 Å². The molecule has 0 unspecified atom stereocenters. The van der Waals surface area contributed by atoms with Gasteiger partial charge in [0.05, 0.1) is 11.4 Å². The minimum atomic E-state index is -0.737. The number of rotatable bonds is 4. The first-order chi connectivity index (χ1) is 12.4. The minimum absolute atomic E-state index is 0.00933. The minimum Gasteiger partial charge on any atom is -0.397 e. The lowest BCUT2D eigenvalue weighted by Crippen LogP contribution is -2.28. The summed E-state index contributed by atoms with van der Waals surface area (Å²) < 4.78 is 30.4. The molecule has 1 aliphatic heterocycles. The van der Waals surface area contributed by atoms with E-state index in [2.05, 4.69) is 10.6 Å². The van der Waals surface area contributed by atoms with Gasteiger partial charge in [0.2, 0.25) is 0 Å². The predicted molar refractivity (Wildman–Crippen MR) is 105 cm³/mol. The van der Waals surface area contributed by atoms with Gasteiger partial charge >= 0.3 is 0 Å². The molecule has 4 nitrogen and oxygen atoms in total. The SMILES string of the molecule is CSN1CCC(c2ccc(N(N)c3c(N)cc(F)c(C)c3F)cc2)CC1. The molecule has 2 aromatic rings. The number of nitrogen functional groups attached to an aromatic ring is 1. The third kappa shape index (κ3) is 3.65. The number of anilines is 3. The second-order valence-electron chi connectivity index (χ2n) is 6.58. The van der Waals surface area contributed by atoms with Crippen LogP contribution in [0.1, 0.15) is 29.9 Å². The molecule has 2 aromatic carbocycles. The lowest BCUT2D eigenvalue weighted by Gasteiger charge is -2.30. The van der Waals surface area contributed by atoms with Crippen LogP contribution in [0.3, 0.4) is 0 Å². The average Bonchev–Trinajstić information content (AvgIpc) is 2.66. The zero-order chi connectivity index (χ0) is 18.8. The number of hydrogen-bond donors (Lipinski definition) is 2. The molecule has 0 atom stereocenters. The Hall–Kier alpha value is -1.83. The van der Waals surface area contributed by atoms with Gasteiger partial charge in [-0.25, -0.2) is 14.6 Å². The van der Waals surface area contributed by atoms with Crippen molar-refractivity contribution >= 4 is 29.0 Å². The highest BCUT2D eigenvalue weighted by Crippen LogP contribution is 2.35. The Morgan fingerprint density at radius 2 is 1.77 bits per heavy atom. The summed E-state index contributed by atoms with van der Waals surface area (Å²) in [6, 6.07) is 8.86. The Morgan fingerprint density at radius 1 is 1.15 bits per heavy atom. The zero-order valence-electron chi connectivity index (χ0n) is 15.0. The monoisotopic (exact) mass is 378 g/mol. The van der Waals surface area contributed by atoms with E-state index in [1.165, 1.54) is 17.5 Å². The van der Waals surface area contributed by atoms with E-state index in [9.17, 15) is 8.78 Å². The van der Waals surface area contributed by atoms with Crippen LogP contribution in [-0.4, -0.2) is 23.7 Å². The molecule has 26 heavy (non-hydrogen) atoms. The second kappa shape index (κ2) is 7.82. The lowest BCUT2D eigenvalue weighted by molar-refractivity contribution is 0.347. The van der Waals surface area contributed by atoms with Gasteiger partial charge in [0.25, 0.3) is 0 Å². The van der Waals surface area contributed by atoms with Gasteiger partial charge in [-0.15, -0.1) is 0 Å². The topological polar surface area (TPSA) is 58.5 Å².